The molecule has 1 aliphatic rings. The Balaban J connectivity index is 1.60. The highest BCUT2D eigenvalue weighted by molar-refractivity contribution is 7.92. The van der Waals surface area contributed by atoms with Crippen molar-refractivity contribution in [2.24, 2.45) is 0 Å². The van der Waals surface area contributed by atoms with Gasteiger partial charge in [-0.25, -0.2) is 8.42 Å². The number of nitrogens with one attached hydrogen (secondary N) is 1. The number of aryl methyl sites for hydroxylation is 1. The molecule has 1 N–H and O–H groups in total. The van der Waals surface area contributed by atoms with E-state index in [1.807, 2.05) is 31.2 Å². The molecule has 0 saturated heterocycles. The Morgan fingerprint density at radius 3 is 2.48 bits per heavy atom. The number of rotatable bonds is 5. The number of anilines is 1. The molecular formula is C23H21ClN2O4S. The second-order valence-electron chi connectivity index (χ2n) is 7.21. The topological polar surface area (TPSA) is 75.7 Å². The minimum absolute atomic E-state index is 0.0904. The Morgan fingerprint density at radius 2 is 1.74 bits per heavy atom. The molecule has 0 saturated carbocycles. The van der Waals surface area contributed by atoms with Crippen molar-refractivity contribution >= 4 is 33.2 Å². The maximum atomic E-state index is 13.3. The first-order valence-corrected chi connectivity index (χ1v) is 11.5. The van der Waals surface area contributed by atoms with Crippen molar-refractivity contribution in [1.29, 1.82) is 0 Å². The fraction of sp³-hybridized carbons (Fsp3) is 0.174. The van der Waals surface area contributed by atoms with Crippen molar-refractivity contribution in [1.82, 2.24) is 5.32 Å². The lowest BCUT2D eigenvalue weighted by atomic mass is 10.1. The van der Waals surface area contributed by atoms with E-state index >= 15 is 0 Å². The number of benzene rings is 3. The molecule has 160 valence electrons. The molecule has 6 nitrogen and oxygen atoms in total. The van der Waals surface area contributed by atoms with Crippen LogP contribution in [0, 0.1) is 6.92 Å². The van der Waals surface area contributed by atoms with Gasteiger partial charge in [-0.15, -0.1) is 0 Å². The van der Waals surface area contributed by atoms with Gasteiger partial charge in [-0.05, 0) is 54.4 Å². The van der Waals surface area contributed by atoms with Crippen LogP contribution in [0.3, 0.4) is 0 Å². The van der Waals surface area contributed by atoms with Crippen LogP contribution >= 0.6 is 11.6 Å². The average molecular weight is 457 g/mol. The maximum absolute atomic E-state index is 13.3. The highest BCUT2D eigenvalue weighted by Crippen LogP contribution is 2.37. The first kappa shape index (κ1) is 21.2. The van der Waals surface area contributed by atoms with Gasteiger partial charge in [-0.1, -0.05) is 48.0 Å². The van der Waals surface area contributed by atoms with E-state index in [0.717, 1.165) is 11.1 Å². The van der Waals surface area contributed by atoms with E-state index < -0.39 is 16.1 Å². The molecule has 1 aliphatic heterocycles. The summed E-state index contributed by atoms with van der Waals surface area (Å²) < 4.78 is 33.8. The summed E-state index contributed by atoms with van der Waals surface area (Å²) >= 11 is 5.91. The van der Waals surface area contributed by atoms with Gasteiger partial charge in [0.2, 0.25) is 0 Å². The highest BCUT2D eigenvalue weighted by Gasteiger charge is 2.37. The molecule has 8 heteroatoms. The summed E-state index contributed by atoms with van der Waals surface area (Å²) in [4.78, 5) is 13.0. The molecule has 3 aromatic carbocycles. The number of amides is 1. The SMILES string of the molecule is Cc1ccccc1CNC(=O)[C@H]1CN(S(=O)(=O)c2ccc(Cl)cc2)c2ccccc2O1. The first-order chi connectivity index (χ1) is 14.9. The number of carbonyl (C=O) groups is 1. The van der Waals surface area contributed by atoms with Crippen LogP contribution in [0.2, 0.25) is 5.02 Å². The van der Waals surface area contributed by atoms with E-state index in [0.29, 0.717) is 23.0 Å². The highest BCUT2D eigenvalue weighted by atomic mass is 35.5. The molecule has 1 amide bonds. The summed E-state index contributed by atoms with van der Waals surface area (Å²) in [6.07, 6.45) is -0.985. The van der Waals surface area contributed by atoms with Crippen molar-refractivity contribution in [2.75, 3.05) is 10.8 Å². The summed E-state index contributed by atoms with van der Waals surface area (Å²) in [6.45, 7) is 2.16. The van der Waals surface area contributed by atoms with Gasteiger partial charge in [0.05, 0.1) is 17.1 Å². The van der Waals surface area contributed by atoms with Crippen molar-refractivity contribution in [3.8, 4) is 5.75 Å². The van der Waals surface area contributed by atoms with E-state index in [1.54, 1.807) is 24.3 Å². The zero-order chi connectivity index (χ0) is 22.0. The van der Waals surface area contributed by atoms with E-state index in [-0.39, 0.29) is 17.3 Å². The fourth-order valence-corrected chi connectivity index (χ4v) is 5.01. The van der Waals surface area contributed by atoms with Gasteiger partial charge in [0.15, 0.2) is 6.10 Å². The molecule has 31 heavy (non-hydrogen) atoms. The number of nitrogens with zero attached hydrogens (tertiary/aromatic N) is 1. The van der Waals surface area contributed by atoms with E-state index in [1.165, 1.54) is 28.6 Å². The molecule has 0 fully saturated rings. The minimum Gasteiger partial charge on any atom is -0.476 e. The summed E-state index contributed by atoms with van der Waals surface area (Å²) in [6, 6.07) is 20.4. The lowest BCUT2D eigenvalue weighted by Crippen LogP contribution is -2.50. The van der Waals surface area contributed by atoms with Crippen molar-refractivity contribution in [3.63, 3.8) is 0 Å². The number of carbonyl (C=O) groups excluding carboxylic acids is 1. The molecule has 3 aromatic rings. The standard InChI is InChI=1S/C23H21ClN2O4S/c1-16-6-2-3-7-17(16)14-25-23(27)22-15-26(20-8-4-5-9-21(20)30-22)31(28,29)19-12-10-18(24)11-13-19/h2-13,22H,14-15H2,1H3,(H,25,27)/t22-/m1/s1. The number of sulfonamides is 1. The Bertz CT molecular complexity index is 1210. The Kier molecular flexibility index (Phi) is 5.89. The van der Waals surface area contributed by atoms with Gasteiger partial charge >= 0.3 is 0 Å². The van der Waals surface area contributed by atoms with Crippen LogP contribution in [0.15, 0.2) is 77.7 Å². The number of fused-ring (bicyclic) bond motifs is 1. The molecule has 1 atom stereocenters. The lowest BCUT2D eigenvalue weighted by Gasteiger charge is -2.34. The third-order valence-electron chi connectivity index (χ3n) is 5.14. The number of ether oxygens (including phenoxy) is 1. The van der Waals surface area contributed by atoms with E-state index in [2.05, 4.69) is 5.32 Å². The van der Waals surface area contributed by atoms with Crippen LogP contribution in [0.25, 0.3) is 0 Å². The Hall–Kier alpha value is -3.03. The number of hydrogen-bond acceptors (Lipinski definition) is 4. The molecule has 4 rings (SSSR count). The summed E-state index contributed by atoms with van der Waals surface area (Å²) in [5.74, 6) is -0.0450. The van der Waals surface area contributed by atoms with Gasteiger partial charge < -0.3 is 10.1 Å². The van der Waals surface area contributed by atoms with Crippen LogP contribution < -0.4 is 14.4 Å². The number of halogens is 1. The normalized spacial score (nSPS) is 15.7. The quantitative estimate of drug-likeness (QED) is 0.631. The predicted molar refractivity (Wildman–Crippen MR) is 120 cm³/mol. The monoisotopic (exact) mass is 456 g/mol. The smallest absolute Gasteiger partial charge is 0.264 e. The van der Waals surface area contributed by atoms with Crippen molar-refractivity contribution in [3.05, 3.63) is 88.9 Å². The van der Waals surface area contributed by atoms with Gasteiger partial charge in [0.1, 0.15) is 5.75 Å². The van der Waals surface area contributed by atoms with Crippen LogP contribution in [0.1, 0.15) is 11.1 Å². The maximum Gasteiger partial charge on any atom is 0.264 e. The molecule has 1 heterocycles. The van der Waals surface area contributed by atoms with Gasteiger partial charge in [0.25, 0.3) is 15.9 Å². The molecule has 0 aromatic heterocycles. The summed E-state index contributed by atoms with van der Waals surface area (Å²) in [5, 5.41) is 3.30. The third kappa shape index (κ3) is 4.38. The fourth-order valence-electron chi connectivity index (χ4n) is 3.40. The largest absolute Gasteiger partial charge is 0.476 e. The molecule has 0 unspecified atom stereocenters. The zero-order valence-corrected chi connectivity index (χ0v) is 18.4. The second-order valence-corrected chi connectivity index (χ2v) is 9.51. The van der Waals surface area contributed by atoms with E-state index in [9.17, 15) is 13.2 Å². The number of hydrogen-bond donors (Lipinski definition) is 1. The summed E-state index contributed by atoms with van der Waals surface area (Å²) in [5.41, 5.74) is 2.43. The van der Waals surface area contributed by atoms with Crippen molar-refractivity contribution in [2.45, 2.75) is 24.5 Å². The predicted octanol–water partition coefficient (Wildman–Crippen LogP) is 3.92. The van der Waals surface area contributed by atoms with Crippen molar-refractivity contribution < 1.29 is 17.9 Å². The van der Waals surface area contributed by atoms with Crippen LogP contribution in [-0.2, 0) is 21.4 Å². The number of para-hydroxylation sites is 2. The van der Waals surface area contributed by atoms with Gasteiger partial charge in [0, 0.05) is 11.6 Å². The lowest BCUT2D eigenvalue weighted by molar-refractivity contribution is -0.127. The minimum atomic E-state index is -3.92. The molecule has 0 aliphatic carbocycles. The first-order valence-electron chi connectivity index (χ1n) is 9.72. The molecule has 0 bridgehead atoms. The van der Waals surface area contributed by atoms with Crippen LogP contribution in [0.5, 0.6) is 5.75 Å². The Labute approximate surface area is 186 Å². The van der Waals surface area contributed by atoms with Crippen LogP contribution in [0.4, 0.5) is 5.69 Å². The second kappa shape index (κ2) is 8.61. The van der Waals surface area contributed by atoms with Gasteiger partial charge in [-0.3, -0.25) is 9.10 Å². The van der Waals surface area contributed by atoms with E-state index in [4.69, 9.17) is 16.3 Å². The summed E-state index contributed by atoms with van der Waals surface area (Å²) in [7, 11) is -3.92. The third-order valence-corrected chi connectivity index (χ3v) is 7.19. The van der Waals surface area contributed by atoms with Crippen LogP contribution in [-0.4, -0.2) is 27.0 Å². The Morgan fingerprint density at radius 1 is 1.06 bits per heavy atom. The zero-order valence-electron chi connectivity index (χ0n) is 16.8. The molecular weight excluding hydrogens is 436 g/mol. The molecule has 0 radical (unpaired) electrons. The molecule has 0 spiro atoms. The van der Waals surface area contributed by atoms with Gasteiger partial charge in [-0.2, -0.15) is 0 Å². The average Bonchev–Trinajstić information content (AvgIpc) is 2.78.